The van der Waals surface area contributed by atoms with Crippen LogP contribution in [0.1, 0.15) is 44.2 Å². The number of pyridine rings is 3. The zero-order chi connectivity index (χ0) is 34.5. The van der Waals surface area contributed by atoms with Crippen LogP contribution >= 0.6 is 0 Å². The Labute approximate surface area is 293 Å². The van der Waals surface area contributed by atoms with E-state index in [4.69, 9.17) is 14.5 Å². The molecular formula is C38H47N9O3. The van der Waals surface area contributed by atoms with Crippen LogP contribution in [0.2, 0.25) is 0 Å². The van der Waals surface area contributed by atoms with Crippen LogP contribution in [0.25, 0.3) is 16.6 Å². The van der Waals surface area contributed by atoms with Crippen molar-refractivity contribution in [2.45, 2.75) is 57.3 Å². The van der Waals surface area contributed by atoms with Crippen LogP contribution in [0.4, 0.5) is 5.82 Å². The fourth-order valence-corrected chi connectivity index (χ4v) is 8.73. The molecule has 12 nitrogen and oxygen atoms in total. The number of hydrogen-bond donors (Lipinski definition) is 1. The number of rotatable bonds is 11. The summed E-state index contributed by atoms with van der Waals surface area (Å²) in [6.07, 6.45) is 10.9. The number of piperidine rings is 1. The average molecular weight is 678 g/mol. The first-order chi connectivity index (χ1) is 24.2. The normalized spacial score (nSPS) is 24.2. The highest BCUT2D eigenvalue weighted by molar-refractivity contribution is 5.85. The lowest BCUT2D eigenvalue weighted by Gasteiger charge is -2.56. The summed E-state index contributed by atoms with van der Waals surface area (Å²) in [7, 11) is 1.64. The van der Waals surface area contributed by atoms with Gasteiger partial charge in [-0.05, 0) is 75.4 Å². The summed E-state index contributed by atoms with van der Waals surface area (Å²) in [4.78, 5) is 19.2. The van der Waals surface area contributed by atoms with Crippen molar-refractivity contribution in [1.82, 2.24) is 34.3 Å². The number of aromatic nitrogens is 4. The fraction of sp³-hybridized carbons (Fsp3) is 0.526. The van der Waals surface area contributed by atoms with Gasteiger partial charge >= 0.3 is 0 Å². The molecule has 9 rings (SSSR count). The van der Waals surface area contributed by atoms with Gasteiger partial charge in [-0.3, -0.25) is 14.7 Å². The van der Waals surface area contributed by atoms with Gasteiger partial charge in [0.2, 0.25) is 5.88 Å². The minimum atomic E-state index is -0.661. The molecule has 5 aliphatic rings. The molecule has 2 bridgehead atoms. The number of methoxy groups -OCH3 is 1. The van der Waals surface area contributed by atoms with Gasteiger partial charge in [0.25, 0.3) is 0 Å². The third kappa shape index (κ3) is 6.63. The van der Waals surface area contributed by atoms with E-state index in [-0.39, 0.29) is 0 Å². The Kier molecular flexibility index (Phi) is 8.63. The summed E-state index contributed by atoms with van der Waals surface area (Å²) in [5.41, 5.74) is 3.96. The van der Waals surface area contributed by atoms with Crippen LogP contribution in [0.15, 0.2) is 55.1 Å². The first-order valence-corrected chi connectivity index (χ1v) is 17.8. The minimum absolute atomic E-state index is 0.322. The quantitative estimate of drug-likeness (QED) is 0.251. The number of nitriles is 1. The SMILES string of the molecule is COc1ccc(CN2C3CC2CN(c2ccc(-c4cc(OCCN5CCC6(CCN(CC(C)(C)O)C6)C5)cn5ncc(C#N)c45)cn2)C3)cn1. The number of nitrogens with zero attached hydrogens (tertiary/aromatic N) is 9. The predicted molar refractivity (Wildman–Crippen MR) is 190 cm³/mol. The predicted octanol–water partition coefficient (Wildman–Crippen LogP) is 3.68. The van der Waals surface area contributed by atoms with Gasteiger partial charge in [0.1, 0.15) is 24.2 Å². The van der Waals surface area contributed by atoms with Crippen LogP contribution in [0.5, 0.6) is 11.6 Å². The molecule has 5 aliphatic heterocycles. The maximum atomic E-state index is 10.3. The highest BCUT2D eigenvalue weighted by Gasteiger charge is 2.45. The summed E-state index contributed by atoms with van der Waals surface area (Å²) < 4.78 is 13.3. The van der Waals surface area contributed by atoms with Crippen molar-refractivity contribution in [2.75, 3.05) is 71.0 Å². The molecule has 0 aliphatic carbocycles. The standard InChI is InChI=1S/C38H47N9O3/c1-37(2,48)24-44-11-9-38(26-44)8-10-43(25-38)12-13-50-32-15-33(36-29(16-39)19-42-47(36)23-32)28-5-6-34(40-18-28)45-21-30-14-31(22-45)46(30)20-27-4-7-35(49-3)41-17-27/h4-7,15,17-19,23,30-31,48H,8-14,20-22,24-26H2,1-3H3. The molecule has 1 N–H and O–H groups in total. The van der Waals surface area contributed by atoms with Gasteiger partial charge in [-0.25, -0.2) is 14.5 Å². The number of hydrogen-bond acceptors (Lipinski definition) is 11. The second-order valence-corrected chi connectivity index (χ2v) is 15.4. The van der Waals surface area contributed by atoms with Crippen LogP contribution in [-0.4, -0.2) is 123 Å². The molecule has 5 saturated heterocycles. The molecule has 5 fully saturated rings. The maximum absolute atomic E-state index is 10.3. The Morgan fingerprint density at radius 1 is 1.02 bits per heavy atom. The number of anilines is 1. The molecule has 4 aromatic heterocycles. The number of piperazine rings is 1. The average Bonchev–Trinajstić information content (AvgIpc) is 3.84. The number of β-amino-alcohol motifs (C(OH)–C–C–N with tert-alkyl or cyclic N) is 1. The van der Waals surface area contributed by atoms with Gasteiger partial charge in [0, 0.05) is 87.5 Å². The molecule has 1 spiro atoms. The van der Waals surface area contributed by atoms with Crippen LogP contribution in [0, 0.1) is 16.7 Å². The molecule has 3 atom stereocenters. The van der Waals surface area contributed by atoms with Gasteiger partial charge in [0.15, 0.2) is 0 Å². The van der Waals surface area contributed by atoms with Gasteiger partial charge in [-0.2, -0.15) is 10.4 Å². The second kappa shape index (κ2) is 13.1. The van der Waals surface area contributed by atoms with Crippen LogP contribution in [-0.2, 0) is 6.54 Å². The van der Waals surface area contributed by atoms with E-state index >= 15 is 0 Å². The van der Waals surface area contributed by atoms with E-state index in [9.17, 15) is 10.4 Å². The van der Waals surface area contributed by atoms with Crippen molar-refractivity contribution in [3.05, 3.63) is 66.2 Å². The molecule has 0 aromatic carbocycles. The van der Waals surface area contributed by atoms with E-state index in [1.165, 1.54) is 24.8 Å². The van der Waals surface area contributed by atoms with Crippen molar-refractivity contribution in [1.29, 1.82) is 5.26 Å². The Morgan fingerprint density at radius 3 is 2.52 bits per heavy atom. The van der Waals surface area contributed by atoms with E-state index in [0.717, 1.165) is 87.1 Å². The Bertz CT molecular complexity index is 1850. The van der Waals surface area contributed by atoms with Crippen molar-refractivity contribution >= 4 is 11.3 Å². The molecule has 12 heteroatoms. The summed E-state index contributed by atoms with van der Waals surface area (Å²) >= 11 is 0. The first-order valence-electron chi connectivity index (χ1n) is 17.8. The summed E-state index contributed by atoms with van der Waals surface area (Å²) in [6, 6.07) is 13.5. The molecule has 0 saturated carbocycles. The smallest absolute Gasteiger partial charge is 0.212 e. The summed E-state index contributed by atoms with van der Waals surface area (Å²) in [5.74, 6) is 2.33. The van der Waals surface area contributed by atoms with E-state index in [0.29, 0.717) is 35.5 Å². The van der Waals surface area contributed by atoms with E-state index < -0.39 is 5.60 Å². The lowest BCUT2D eigenvalue weighted by Crippen LogP contribution is -2.68. The lowest BCUT2D eigenvalue weighted by molar-refractivity contribution is -0.00876. The Hall–Kier alpha value is -4.28. The Morgan fingerprint density at radius 2 is 1.82 bits per heavy atom. The third-order valence-corrected chi connectivity index (χ3v) is 11.1. The number of fused-ring (bicyclic) bond motifs is 3. The van der Waals surface area contributed by atoms with E-state index in [1.807, 2.05) is 44.6 Å². The molecular weight excluding hydrogens is 630 g/mol. The number of likely N-dealkylation sites (tertiary alicyclic amines) is 2. The first kappa shape index (κ1) is 32.9. The molecule has 3 unspecified atom stereocenters. The van der Waals surface area contributed by atoms with Crippen LogP contribution in [0.3, 0.4) is 0 Å². The minimum Gasteiger partial charge on any atom is -0.491 e. The fourth-order valence-electron chi connectivity index (χ4n) is 8.73. The molecule has 9 heterocycles. The highest BCUT2D eigenvalue weighted by atomic mass is 16.5. The molecule has 50 heavy (non-hydrogen) atoms. The second-order valence-electron chi connectivity index (χ2n) is 15.4. The molecule has 4 aromatic rings. The van der Waals surface area contributed by atoms with Gasteiger partial charge in [0.05, 0.1) is 36.2 Å². The zero-order valence-corrected chi connectivity index (χ0v) is 29.3. The van der Waals surface area contributed by atoms with Gasteiger partial charge in [-0.15, -0.1) is 0 Å². The topological polar surface area (TPSA) is 119 Å². The number of ether oxygens (including phenoxy) is 2. The van der Waals surface area contributed by atoms with Crippen LogP contribution < -0.4 is 14.4 Å². The lowest BCUT2D eigenvalue weighted by atomic mass is 9.86. The van der Waals surface area contributed by atoms with Crippen molar-refractivity contribution in [3.63, 3.8) is 0 Å². The van der Waals surface area contributed by atoms with Crippen molar-refractivity contribution in [3.8, 4) is 28.8 Å². The summed E-state index contributed by atoms with van der Waals surface area (Å²) in [6.45, 7) is 13.0. The third-order valence-electron chi connectivity index (χ3n) is 11.1. The van der Waals surface area contributed by atoms with Gasteiger partial charge < -0.3 is 19.5 Å². The highest BCUT2D eigenvalue weighted by Crippen LogP contribution is 2.40. The van der Waals surface area contributed by atoms with Crippen molar-refractivity contribution < 1.29 is 14.6 Å². The van der Waals surface area contributed by atoms with Gasteiger partial charge in [-0.1, -0.05) is 6.07 Å². The Balaban J connectivity index is 0.907. The maximum Gasteiger partial charge on any atom is 0.212 e. The summed E-state index contributed by atoms with van der Waals surface area (Å²) in [5, 5.41) is 24.7. The largest absolute Gasteiger partial charge is 0.491 e. The monoisotopic (exact) mass is 677 g/mol. The molecule has 0 radical (unpaired) electrons. The molecule has 0 amide bonds. The van der Waals surface area contributed by atoms with E-state index in [2.05, 4.69) is 54.0 Å². The number of aliphatic hydroxyl groups is 1. The van der Waals surface area contributed by atoms with E-state index in [1.54, 1.807) is 17.8 Å². The zero-order valence-electron chi connectivity index (χ0n) is 29.3. The molecule has 262 valence electrons. The van der Waals surface area contributed by atoms with Crippen molar-refractivity contribution in [2.24, 2.45) is 5.41 Å².